The molecule has 0 saturated heterocycles. The lowest BCUT2D eigenvalue weighted by Crippen LogP contribution is -1.99. The Morgan fingerprint density at radius 3 is 2.86 bits per heavy atom. The highest BCUT2D eigenvalue weighted by atomic mass is 19.1. The first kappa shape index (κ1) is 12.4. The predicted octanol–water partition coefficient (Wildman–Crippen LogP) is 4.60. The van der Waals surface area contributed by atoms with Gasteiger partial charge in [-0.3, -0.25) is 0 Å². The highest BCUT2D eigenvalue weighted by Crippen LogP contribution is 2.38. The van der Waals surface area contributed by atoms with Crippen molar-refractivity contribution in [2.45, 2.75) is 12.6 Å². The minimum Gasteiger partial charge on any atom is -0.454 e. The number of halogens is 2. The standard InChI is InChI=1S/C17H13F2NO/c18-13-6-2-4-11-9-14(21-17(11)13)15(19)12-5-1-3-10-7-8-20-16(10)12/h1-6,9,15,20H,7-8H2. The van der Waals surface area contributed by atoms with Gasteiger partial charge in [0.1, 0.15) is 5.76 Å². The Balaban J connectivity index is 1.82. The molecule has 1 aliphatic heterocycles. The van der Waals surface area contributed by atoms with Crippen molar-refractivity contribution in [3.63, 3.8) is 0 Å². The van der Waals surface area contributed by atoms with Crippen LogP contribution in [0.3, 0.4) is 0 Å². The van der Waals surface area contributed by atoms with Gasteiger partial charge in [0.2, 0.25) is 0 Å². The van der Waals surface area contributed by atoms with Crippen LogP contribution in [-0.4, -0.2) is 6.54 Å². The zero-order chi connectivity index (χ0) is 14.4. The van der Waals surface area contributed by atoms with Crippen LogP contribution in [0.5, 0.6) is 0 Å². The van der Waals surface area contributed by atoms with Gasteiger partial charge in [0, 0.05) is 23.2 Å². The molecule has 4 heteroatoms. The number of nitrogens with one attached hydrogen (secondary N) is 1. The molecule has 0 saturated carbocycles. The Hall–Kier alpha value is -2.36. The van der Waals surface area contributed by atoms with Gasteiger partial charge in [-0.05, 0) is 24.1 Å². The van der Waals surface area contributed by atoms with Gasteiger partial charge in [-0.15, -0.1) is 0 Å². The van der Waals surface area contributed by atoms with Crippen LogP contribution in [0, 0.1) is 5.82 Å². The lowest BCUT2D eigenvalue weighted by atomic mass is 10.0. The second-order valence-electron chi connectivity index (χ2n) is 5.23. The van der Waals surface area contributed by atoms with E-state index in [0.29, 0.717) is 10.9 Å². The van der Waals surface area contributed by atoms with Crippen LogP contribution in [0.1, 0.15) is 23.1 Å². The summed E-state index contributed by atoms with van der Waals surface area (Å²) in [5, 5.41) is 3.79. The summed E-state index contributed by atoms with van der Waals surface area (Å²) in [6.45, 7) is 0.813. The summed E-state index contributed by atoms with van der Waals surface area (Å²) in [6.07, 6.45) is -0.512. The fraction of sp³-hybridized carbons (Fsp3) is 0.176. The zero-order valence-electron chi connectivity index (χ0n) is 11.2. The molecular weight excluding hydrogens is 272 g/mol. The van der Waals surface area contributed by atoms with Crippen molar-refractivity contribution in [1.29, 1.82) is 0 Å². The second kappa shape index (κ2) is 4.58. The fourth-order valence-corrected chi connectivity index (χ4v) is 2.90. The Kier molecular flexibility index (Phi) is 2.70. The summed E-state index contributed by atoms with van der Waals surface area (Å²) in [5.74, 6) is -0.334. The van der Waals surface area contributed by atoms with Gasteiger partial charge in [-0.1, -0.05) is 30.3 Å². The highest BCUT2D eigenvalue weighted by Gasteiger charge is 2.24. The van der Waals surface area contributed by atoms with Gasteiger partial charge in [-0.2, -0.15) is 0 Å². The molecule has 3 aromatic rings. The normalized spacial score (nSPS) is 15.0. The molecule has 21 heavy (non-hydrogen) atoms. The molecule has 0 bridgehead atoms. The number of alkyl halides is 1. The topological polar surface area (TPSA) is 25.2 Å². The van der Waals surface area contributed by atoms with Crippen LogP contribution >= 0.6 is 0 Å². The molecule has 0 aliphatic carbocycles. The number of hydrogen-bond acceptors (Lipinski definition) is 2. The van der Waals surface area contributed by atoms with E-state index < -0.39 is 12.0 Å². The summed E-state index contributed by atoms with van der Waals surface area (Å²) in [4.78, 5) is 0. The molecule has 1 N–H and O–H groups in total. The minimum atomic E-state index is -1.41. The highest BCUT2D eigenvalue weighted by molar-refractivity contribution is 5.78. The van der Waals surface area contributed by atoms with E-state index in [9.17, 15) is 8.78 Å². The van der Waals surface area contributed by atoms with Gasteiger partial charge in [0.05, 0.1) is 0 Å². The molecular formula is C17H13F2NO. The number of rotatable bonds is 2. The maximum atomic E-state index is 14.8. The Morgan fingerprint density at radius 1 is 1.14 bits per heavy atom. The molecule has 0 fully saturated rings. The molecule has 1 aromatic heterocycles. The molecule has 2 nitrogen and oxygen atoms in total. The van der Waals surface area contributed by atoms with Crippen molar-refractivity contribution < 1.29 is 13.2 Å². The van der Waals surface area contributed by atoms with E-state index in [1.54, 1.807) is 24.3 Å². The van der Waals surface area contributed by atoms with Crippen molar-refractivity contribution in [2.75, 3.05) is 11.9 Å². The smallest absolute Gasteiger partial charge is 0.185 e. The summed E-state index contributed by atoms with van der Waals surface area (Å²) in [6, 6.07) is 11.8. The third-order valence-corrected chi connectivity index (χ3v) is 3.92. The number of anilines is 1. The molecule has 0 amide bonds. The monoisotopic (exact) mass is 285 g/mol. The van der Waals surface area contributed by atoms with Crippen molar-refractivity contribution >= 4 is 16.7 Å². The first-order chi connectivity index (χ1) is 10.2. The van der Waals surface area contributed by atoms with Gasteiger partial charge in [-0.25, -0.2) is 8.78 Å². The Labute approximate surface area is 120 Å². The minimum absolute atomic E-state index is 0.107. The molecule has 1 unspecified atom stereocenters. The molecule has 106 valence electrons. The molecule has 0 spiro atoms. The van der Waals surface area contributed by atoms with Gasteiger partial charge < -0.3 is 9.73 Å². The van der Waals surface area contributed by atoms with E-state index in [1.165, 1.54) is 6.07 Å². The van der Waals surface area contributed by atoms with Crippen LogP contribution in [0.4, 0.5) is 14.5 Å². The van der Waals surface area contributed by atoms with Crippen molar-refractivity contribution in [1.82, 2.24) is 0 Å². The van der Waals surface area contributed by atoms with Crippen LogP contribution in [0.25, 0.3) is 11.0 Å². The molecule has 2 aromatic carbocycles. The number of hydrogen-bond donors (Lipinski definition) is 1. The predicted molar refractivity (Wildman–Crippen MR) is 77.8 cm³/mol. The van der Waals surface area contributed by atoms with Gasteiger partial charge >= 0.3 is 0 Å². The van der Waals surface area contributed by atoms with Crippen LogP contribution < -0.4 is 5.32 Å². The third kappa shape index (κ3) is 1.90. The van der Waals surface area contributed by atoms with E-state index in [2.05, 4.69) is 5.32 Å². The van der Waals surface area contributed by atoms with Gasteiger partial charge in [0.15, 0.2) is 17.6 Å². The van der Waals surface area contributed by atoms with E-state index in [4.69, 9.17) is 4.42 Å². The lowest BCUT2D eigenvalue weighted by molar-refractivity contribution is 0.339. The summed E-state index contributed by atoms with van der Waals surface area (Å²) in [5.41, 5.74) is 2.60. The van der Waals surface area contributed by atoms with E-state index in [0.717, 1.165) is 24.2 Å². The third-order valence-electron chi connectivity index (χ3n) is 3.92. The fourth-order valence-electron chi connectivity index (χ4n) is 2.90. The zero-order valence-corrected chi connectivity index (χ0v) is 11.2. The number of para-hydroxylation sites is 2. The van der Waals surface area contributed by atoms with Crippen molar-refractivity contribution in [2.24, 2.45) is 0 Å². The van der Waals surface area contributed by atoms with E-state index >= 15 is 0 Å². The van der Waals surface area contributed by atoms with Crippen molar-refractivity contribution in [3.05, 3.63) is 65.2 Å². The molecule has 4 rings (SSSR count). The Morgan fingerprint density at radius 2 is 2.00 bits per heavy atom. The summed E-state index contributed by atoms with van der Waals surface area (Å²) >= 11 is 0. The number of furan rings is 1. The molecule has 0 radical (unpaired) electrons. The van der Waals surface area contributed by atoms with Crippen LogP contribution in [0.15, 0.2) is 46.9 Å². The molecule has 2 heterocycles. The first-order valence-corrected chi connectivity index (χ1v) is 6.92. The maximum Gasteiger partial charge on any atom is 0.185 e. The lowest BCUT2D eigenvalue weighted by Gasteiger charge is -2.11. The SMILES string of the molecule is Fc1cccc2cc(C(F)c3cccc4c3NCC4)oc12. The average molecular weight is 285 g/mol. The van der Waals surface area contributed by atoms with E-state index in [1.807, 2.05) is 12.1 Å². The number of fused-ring (bicyclic) bond motifs is 2. The molecule has 1 atom stereocenters. The average Bonchev–Trinajstić information content (AvgIpc) is 3.13. The molecule has 1 aliphatic rings. The van der Waals surface area contributed by atoms with Crippen LogP contribution in [-0.2, 0) is 6.42 Å². The largest absolute Gasteiger partial charge is 0.454 e. The number of benzene rings is 2. The van der Waals surface area contributed by atoms with Crippen LogP contribution in [0.2, 0.25) is 0 Å². The van der Waals surface area contributed by atoms with E-state index in [-0.39, 0.29) is 11.3 Å². The second-order valence-corrected chi connectivity index (χ2v) is 5.23. The first-order valence-electron chi connectivity index (χ1n) is 6.92. The Bertz CT molecular complexity index is 825. The summed E-state index contributed by atoms with van der Waals surface area (Å²) < 4.78 is 33.9. The maximum absolute atomic E-state index is 14.8. The quantitative estimate of drug-likeness (QED) is 0.744. The van der Waals surface area contributed by atoms with Gasteiger partial charge in [0.25, 0.3) is 0 Å². The summed E-state index contributed by atoms with van der Waals surface area (Å²) in [7, 11) is 0. The van der Waals surface area contributed by atoms with Crippen molar-refractivity contribution in [3.8, 4) is 0 Å².